The van der Waals surface area contributed by atoms with Crippen LogP contribution in [0.2, 0.25) is 0 Å². The van der Waals surface area contributed by atoms with Crippen LogP contribution in [0.4, 0.5) is 0 Å². The first-order valence-corrected chi connectivity index (χ1v) is 11.8. The zero-order valence-corrected chi connectivity index (χ0v) is 19.5. The van der Waals surface area contributed by atoms with Gasteiger partial charge in [0.25, 0.3) is 0 Å². The first-order chi connectivity index (χ1) is 14.2. The van der Waals surface area contributed by atoms with Crippen molar-refractivity contribution in [3.63, 3.8) is 0 Å². The van der Waals surface area contributed by atoms with E-state index in [2.05, 4.69) is 13.8 Å². The van der Waals surface area contributed by atoms with Crippen LogP contribution >= 0.6 is 11.8 Å². The second-order valence-corrected chi connectivity index (χ2v) is 9.40. The second kappa shape index (κ2) is 9.04. The highest BCUT2D eigenvalue weighted by Gasteiger charge is 2.57. The Hall–Kier alpha value is -1.95. The molecular weight excluding hydrogens is 400 g/mol. The van der Waals surface area contributed by atoms with Crippen molar-refractivity contribution < 1.29 is 23.5 Å². The van der Waals surface area contributed by atoms with Crippen molar-refractivity contribution in [3.8, 4) is 0 Å². The van der Waals surface area contributed by atoms with Gasteiger partial charge >= 0.3 is 11.9 Å². The predicted octanol–water partition coefficient (Wildman–Crippen LogP) is 5.54. The number of ether oxygens (including phenoxy) is 2. The third kappa shape index (κ3) is 3.98. The minimum absolute atomic E-state index is 0.0228. The maximum atomic E-state index is 12.6. The predicted molar refractivity (Wildman–Crippen MR) is 118 cm³/mol. The zero-order valence-electron chi connectivity index (χ0n) is 18.7. The number of furan rings is 1. The van der Waals surface area contributed by atoms with Gasteiger partial charge in [-0.25, -0.2) is 9.59 Å². The van der Waals surface area contributed by atoms with E-state index in [1.807, 2.05) is 20.1 Å². The molecule has 0 N–H and O–H groups in total. The number of fused-ring (bicyclic) bond motifs is 2. The fraction of sp³-hybridized carbons (Fsp3) is 0.583. The third-order valence-corrected chi connectivity index (χ3v) is 7.58. The highest BCUT2D eigenvalue weighted by molar-refractivity contribution is 8.01. The molecular formula is C24H32O5S. The van der Waals surface area contributed by atoms with Gasteiger partial charge in [-0.05, 0) is 56.8 Å². The Morgan fingerprint density at radius 2 is 2.03 bits per heavy atom. The molecule has 1 saturated carbocycles. The summed E-state index contributed by atoms with van der Waals surface area (Å²) in [7, 11) is 0. The molecule has 5 unspecified atom stereocenters. The highest BCUT2D eigenvalue weighted by Crippen LogP contribution is 2.60. The van der Waals surface area contributed by atoms with Crippen molar-refractivity contribution in [3.05, 3.63) is 46.3 Å². The SMILES string of the molecule is CC=C(C)C(=O)OC1CCC2Cc3occ(C)c3C(OC(=O)C=CSC)C2(C)C1C. The summed E-state index contributed by atoms with van der Waals surface area (Å²) in [6, 6.07) is 0. The first kappa shape index (κ1) is 22.7. The molecule has 0 bridgehead atoms. The third-order valence-electron chi connectivity index (χ3n) is 7.17. The lowest BCUT2D eigenvalue weighted by atomic mass is 9.53. The minimum atomic E-state index is -0.441. The van der Waals surface area contributed by atoms with E-state index in [1.54, 1.807) is 24.7 Å². The molecule has 164 valence electrons. The molecule has 6 heteroatoms. The van der Waals surface area contributed by atoms with Gasteiger partial charge in [0.05, 0.1) is 6.26 Å². The van der Waals surface area contributed by atoms with E-state index in [-0.39, 0.29) is 35.3 Å². The van der Waals surface area contributed by atoms with E-state index < -0.39 is 6.10 Å². The maximum absolute atomic E-state index is 12.6. The van der Waals surface area contributed by atoms with E-state index >= 15 is 0 Å². The van der Waals surface area contributed by atoms with Gasteiger partial charge in [0.1, 0.15) is 18.0 Å². The number of hydrogen-bond acceptors (Lipinski definition) is 6. The van der Waals surface area contributed by atoms with Crippen molar-refractivity contribution >= 4 is 23.7 Å². The number of esters is 2. The maximum Gasteiger partial charge on any atom is 0.333 e. The molecule has 3 rings (SSSR count). The molecule has 0 radical (unpaired) electrons. The standard InChI is InChI=1S/C24H32O5S/c1-7-14(2)23(26)28-18-9-8-17-12-19-21(15(3)13-27-19)22(24(17,5)16(18)4)29-20(25)10-11-30-6/h7,10-11,13,16-18,22H,8-9,12H2,1-6H3. The Balaban J connectivity index is 1.97. The topological polar surface area (TPSA) is 65.7 Å². The van der Waals surface area contributed by atoms with E-state index in [0.717, 1.165) is 36.1 Å². The molecule has 1 aromatic heterocycles. The van der Waals surface area contributed by atoms with Gasteiger partial charge in [0.2, 0.25) is 0 Å². The van der Waals surface area contributed by atoms with Crippen LogP contribution in [-0.2, 0) is 25.5 Å². The second-order valence-electron chi connectivity index (χ2n) is 8.66. The van der Waals surface area contributed by atoms with Crippen LogP contribution in [-0.4, -0.2) is 24.3 Å². The molecule has 2 aliphatic carbocycles. The van der Waals surface area contributed by atoms with Crippen LogP contribution in [0, 0.1) is 24.2 Å². The fourth-order valence-corrected chi connectivity index (χ4v) is 5.25. The van der Waals surface area contributed by atoms with Gasteiger partial charge in [-0.15, -0.1) is 11.8 Å². The highest BCUT2D eigenvalue weighted by atomic mass is 32.2. The number of thioether (sulfide) groups is 1. The largest absolute Gasteiger partial charge is 0.469 e. The number of hydrogen-bond donors (Lipinski definition) is 0. The van der Waals surface area contributed by atoms with Crippen LogP contribution in [0.15, 0.2) is 33.8 Å². The lowest BCUT2D eigenvalue weighted by molar-refractivity contribution is -0.183. The van der Waals surface area contributed by atoms with Crippen LogP contribution in [0.1, 0.15) is 63.5 Å². The van der Waals surface area contributed by atoms with Crippen molar-refractivity contribution in [1.29, 1.82) is 0 Å². The lowest BCUT2D eigenvalue weighted by Gasteiger charge is -2.54. The molecule has 1 heterocycles. The monoisotopic (exact) mass is 432 g/mol. The van der Waals surface area contributed by atoms with Crippen molar-refractivity contribution in [2.24, 2.45) is 17.3 Å². The van der Waals surface area contributed by atoms with Gasteiger partial charge in [-0.3, -0.25) is 0 Å². The molecule has 0 amide bonds. The van der Waals surface area contributed by atoms with E-state index in [9.17, 15) is 9.59 Å². The van der Waals surface area contributed by atoms with Crippen molar-refractivity contribution in [1.82, 2.24) is 0 Å². The number of rotatable bonds is 5. The normalized spacial score (nSPS) is 31.2. The average molecular weight is 433 g/mol. The summed E-state index contributed by atoms with van der Waals surface area (Å²) in [5.74, 6) is 0.581. The quantitative estimate of drug-likeness (QED) is 0.450. The Labute approximate surface area is 183 Å². The molecule has 5 nitrogen and oxygen atoms in total. The van der Waals surface area contributed by atoms with Gasteiger partial charge in [-0.1, -0.05) is 19.9 Å². The van der Waals surface area contributed by atoms with Crippen LogP contribution in [0.5, 0.6) is 0 Å². The van der Waals surface area contributed by atoms with Crippen LogP contribution < -0.4 is 0 Å². The molecule has 1 fully saturated rings. The summed E-state index contributed by atoms with van der Waals surface area (Å²) in [6.45, 7) is 9.89. The van der Waals surface area contributed by atoms with Gasteiger partial charge < -0.3 is 13.9 Å². The molecule has 1 aromatic rings. The van der Waals surface area contributed by atoms with Gasteiger partial charge in [0.15, 0.2) is 0 Å². The smallest absolute Gasteiger partial charge is 0.333 e. The van der Waals surface area contributed by atoms with Gasteiger partial charge in [-0.2, -0.15) is 0 Å². The summed E-state index contributed by atoms with van der Waals surface area (Å²) < 4.78 is 17.8. The molecule has 0 aliphatic heterocycles. The number of allylic oxidation sites excluding steroid dienone is 1. The van der Waals surface area contributed by atoms with Crippen molar-refractivity contribution in [2.45, 2.75) is 66.1 Å². The summed E-state index contributed by atoms with van der Waals surface area (Å²) in [4.78, 5) is 25.0. The van der Waals surface area contributed by atoms with E-state index in [1.165, 1.54) is 17.8 Å². The zero-order chi connectivity index (χ0) is 22.1. The summed E-state index contributed by atoms with van der Waals surface area (Å²) in [6.07, 6.45) is 8.73. The van der Waals surface area contributed by atoms with Crippen LogP contribution in [0.3, 0.4) is 0 Å². The fourth-order valence-electron chi connectivity index (χ4n) is 5.00. The number of carbonyl (C=O) groups excluding carboxylic acids is 2. The van der Waals surface area contributed by atoms with Crippen molar-refractivity contribution in [2.75, 3.05) is 6.26 Å². The summed E-state index contributed by atoms with van der Waals surface area (Å²) in [5.41, 5.74) is 2.21. The van der Waals surface area contributed by atoms with Gasteiger partial charge in [0, 0.05) is 35.0 Å². The van der Waals surface area contributed by atoms with Crippen LogP contribution in [0.25, 0.3) is 0 Å². The lowest BCUT2D eigenvalue weighted by Crippen LogP contribution is -2.53. The molecule has 0 spiro atoms. The molecule has 0 aromatic carbocycles. The summed E-state index contributed by atoms with van der Waals surface area (Å²) >= 11 is 1.45. The van der Waals surface area contributed by atoms with E-state index in [0.29, 0.717) is 5.57 Å². The average Bonchev–Trinajstić information content (AvgIpc) is 3.09. The molecule has 30 heavy (non-hydrogen) atoms. The minimum Gasteiger partial charge on any atom is -0.469 e. The Morgan fingerprint density at radius 1 is 1.30 bits per heavy atom. The number of aryl methyl sites for hydroxylation is 1. The molecule has 5 atom stereocenters. The summed E-state index contributed by atoms with van der Waals surface area (Å²) in [5, 5.41) is 1.73. The Kier molecular flexibility index (Phi) is 6.85. The first-order valence-electron chi connectivity index (χ1n) is 10.5. The Morgan fingerprint density at radius 3 is 2.70 bits per heavy atom. The van der Waals surface area contributed by atoms with E-state index in [4.69, 9.17) is 13.9 Å². The Bertz CT molecular complexity index is 867. The number of carbonyl (C=O) groups is 2. The molecule has 0 saturated heterocycles. The molecule has 2 aliphatic rings.